The number of hydrazone groups is 1. The lowest BCUT2D eigenvalue weighted by Gasteiger charge is -2.09. The lowest BCUT2D eigenvalue weighted by Crippen LogP contribution is -2.16. The molecular formula is C12H13N3O4. The average molecular weight is 263 g/mol. The van der Waals surface area contributed by atoms with Gasteiger partial charge in [0.25, 0.3) is 5.91 Å². The predicted octanol–water partition coefficient (Wildman–Crippen LogP) is 0.773. The standard InChI is InChI=1S/C12H13N3O4/c1-18-9-5-8(6-10(19-2)12(9)17)7-14-15-11(16)3-4-13/h5-7,17H,3H2,1-2H3,(H,15,16). The minimum Gasteiger partial charge on any atom is -0.502 e. The Morgan fingerprint density at radius 1 is 1.47 bits per heavy atom. The number of rotatable bonds is 5. The second-order valence-electron chi connectivity index (χ2n) is 3.40. The first-order chi connectivity index (χ1) is 9.12. The second kappa shape index (κ2) is 6.86. The Hall–Kier alpha value is -2.75. The summed E-state index contributed by atoms with van der Waals surface area (Å²) in [6.45, 7) is 0. The predicted molar refractivity (Wildman–Crippen MR) is 67.2 cm³/mol. The van der Waals surface area contributed by atoms with Gasteiger partial charge in [-0.3, -0.25) is 4.79 Å². The molecule has 0 heterocycles. The van der Waals surface area contributed by atoms with Crippen molar-refractivity contribution < 1.29 is 19.4 Å². The zero-order chi connectivity index (χ0) is 14.3. The van der Waals surface area contributed by atoms with Crippen LogP contribution in [-0.4, -0.2) is 31.4 Å². The van der Waals surface area contributed by atoms with Crippen molar-refractivity contribution >= 4 is 12.1 Å². The van der Waals surface area contributed by atoms with Crippen molar-refractivity contribution in [2.24, 2.45) is 5.10 Å². The van der Waals surface area contributed by atoms with Crippen molar-refractivity contribution in [3.63, 3.8) is 0 Å². The first-order valence-electron chi connectivity index (χ1n) is 5.26. The molecule has 100 valence electrons. The fraction of sp³-hybridized carbons (Fsp3) is 0.250. The second-order valence-corrected chi connectivity index (χ2v) is 3.40. The van der Waals surface area contributed by atoms with Crippen LogP contribution in [0.15, 0.2) is 17.2 Å². The van der Waals surface area contributed by atoms with Crippen LogP contribution < -0.4 is 14.9 Å². The molecule has 0 saturated heterocycles. The fourth-order valence-corrected chi connectivity index (χ4v) is 1.28. The van der Waals surface area contributed by atoms with Crippen LogP contribution in [0.25, 0.3) is 0 Å². The first-order valence-corrected chi connectivity index (χ1v) is 5.26. The number of ether oxygens (including phenoxy) is 2. The van der Waals surface area contributed by atoms with Crippen molar-refractivity contribution in [3.05, 3.63) is 17.7 Å². The van der Waals surface area contributed by atoms with Gasteiger partial charge in [-0.15, -0.1) is 0 Å². The summed E-state index contributed by atoms with van der Waals surface area (Å²) in [6.07, 6.45) is 1.08. The highest BCUT2D eigenvalue weighted by atomic mass is 16.5. The van der Waals surface area contributed by atoms with E-state index in [-0.39, 0.29) is 23.7 Å². The van der Waals surface area contributed by atoms with E-state index in [1.807, 2.05) is 0 Å². The van der Waals surface area contributed by atoms with Crippen LogP contribution in [-0.2, 0) is 4.79 Å². The number of methoxy groups -OCH3 is 2. The maximum absolute atomic E-state index is 11.0. The number of benzene rings is 1. The largest absolute Gasteiger partial charge is 0.502 e. The van der Waals surface area contributed by atoms with Gasteiger partial charge in [0.1, 0.15) is 6.42 Å². The number of phenols is 1. The van der Waals surface area contributed by atoms with Crippen LogP contribution >= 0.6 is 0 Å². The average Bonchev–Trinajstić information content (AvgIpc) is 2.40. The van der Waals surface area contributed by atoms with E-state index in [0.29, 0.717) is 5.56 Å². The van der Waals surface area contributed by atoms with Gasteiger partial charge in [-0.05, 0) is 12.1 Å². The van der Waals surface area contributed by atoms with Crippen molar-refractivity contribution in [2.75, 3.05) is 14.2 Å². The van der Waals surface area contributed by atoms with Crippen LogP contribution in [0.3, 0.4) is 0 Å². The van der Waals surface area contributed by atoms with Crippen LogP contribution in [0.4, 0.5) is 0 Å². The number of amides is 1. The molecule has 1 aromatic rings. The third-order valence-corrected chi connectivity index (χ3v) is 2.14. The van der Waals surface area contributed by atoms with Gasteiger partial charge in [0.2, 0.25) is 5.75 Å². The maximum Gasteiger partial charge on any atom is 0.254 e. The first kappa shape index (κ1) is 14.3. The van der Waals surface area contributed by atoms with Gasteiger partial charge in [0.05, 0.1) is 26.5 Å². The minimum atomic E-state index is -0.503. The molecule has 1 amide bonds. The molecule has 19 heavy (non-hydrogen) atoms. The van der Waals surface area contributed by atoms with Crippen LogP contribution in [0.5, 0.6) is 17.2 Å². The molecule has 2 N–H and O–H groups in total. The molecule has 0 atom stereocenters. The molecule has 0 unspecified atom stereocenters. The molecule has 0 aliphatic carbocycles. The Labute approximate surface area is 110 Å². The van der Waals surface area contributed by atoms with E-state index in [1.54, 1.807) is 6.07 Å². The molecule has 7 heteroatoms. The molecule has 1 aromatic carbocycles. The third-order valence-electron chi connectivity index (χ3n) is 2.14. The number of nitrogens with zero attached hydrogens (tertiary/aromatic N) is 2. The van der Waals surface area contributed by atoms with E-state index in [4.69, 9.17) is 14.7 Å². The summed E-state index contributed by atoms with van der Waals surface area (Å²) in [5.74, 6) is -0.166. The molecule has 0 aromatic heterocycles. The highest BCUT2D eigenvalue weighted by Gasteiger charge is 2.10. The van der Waals surface area contributed by atoms with Gasteiger partial charge in [0.15, 0.2) is 11.5 Å². The van der Waals surface area contributed by atoms with E-state index in [9.17, 15) is 9.90 Å². The number of phenolic OH excluding ortho intramolecular Hbond substituents is 1. The molecule has 7 nitrogen and oxygen atoms in total. The van der Waals surface area contributed by atoms with Crippen molar-refractivity contribution in [2.45, 2.75) is 6.42 Å². The lowest BCUT2D eigenvalue weighted by atomic mass is 10.2. The normalized spacial score (nSPS) is 9.95. The smallest absolute Gasteiger partial charge is 0.254 e. The summed E-state index contributed by atoms with van der Waals surface area (Å²) in [6, 6.07) is 4.75. The van der Waals surface area contributed by atoms with Gasteiger partial charge >= 0.3 is 0 Å². The van der Waals surface area contributed by atoms with E-state index in [1.165, 1.54) is 32.6 Å². The Kier molecular flexibility index (Phi) is 5.17. The summed E-state index contributed by atoms with van der Waals surface area (Å²) < 4.78 is 9.94. The topological polar surface area (TPSA) is 104 Å². The summed E-state index contributed by atoms with van der Waals surface area (Å²) in [7, 11) is 2.81. The van der Waals surface area contributed by atoms with E-state index in [2.05, 4.69) is 10.5 Å². The van der Waals surface area contributed by atoms with Crippen molar-refractivity contribution in [1.29, 1.82) is 5.26 Å². The Morgan fingerprint density at radius 2 is 2.05 bits per heavy atom. The maximum atomic E-state index is 11.0. The van der Waals surface area contributed by atoms with E-state index < -0.39 is 5.91 Å². The third kappa shape index (κ3) is 3.89. The van der Waals surface area contributed by atoms with E-state index in [0.717, 1.165) is 0 Å². The molecule has 0 aliphatic rings. The zero-order valence-corrected chi connectivity index (χ0v) is 10.5. The Bertz CT molecular complexity index is 509. The van der Waals surface area contributed by atoms with Crippen LogP contribution in [0.2, 0.25) is 0 Å². The molecule has 0 bridgehead atoms. The summed E-state index contributed by atoms with van der Waals surface area (Å²) in [5, 5.41) is 21.7. The quantitative estimate of drug-likeness (QED) is 0.603. The molecular weight excluding hydrogens is 250 g/mol. The van der Waals surface area contributed by atoms with Crippen molar-refractivity contribution in [3.8, 4) is 23.3 Å². The number of hydrogen-bond acceptors (Lipinski definition) is 6. The highest BCUT2D eigenvalue weighted by Crippen LogP contribution is 2.36. The minimum absolute atomic E-state index is 0.115. The van der Waals surface area contributed by atoms with Gasteiger partial charge in [0, 0.05) is 5.56 Å². The van der Waals surface area contributed by atoms with Gasteiger partial charge in [-0.1, -0.05) is 0 Å². The summed E-state index contributed by atoms with van der Waals surface area (Å²) in [4.78, 5) is 11.0. The Morgan fingerprint density at radius 3 is 2.53 bits per heavy atom. The lowest BCUT2D eigenvalue weighted by molar-refractivity contribution is -0.120. The monoisotopic (exact) mass is 263 g/mol. The highest BCUT2D eigenvalue weighted by molar-refractivity contribution is 5.84. The van der Waals surface area contributed by atoms with Gasteiger partial charge in [-0.25, -0.2) is 5.43 Å². The van der Waals surface area contributed by atoms with Gasteiger partial charge in [-0.2, -0.15) is 10.4 Å². The Balaban J connectivity index is 2.87. The fourth-order valence-electron chi connectivity index (χ4n) is 1.28. The number of hydrogen-bond donors (Lipinski definition) is 2. The van der Waals surface area contributed by atoms with Crippen LogP contribution in [0.1, 0.15) is 12.0 Å². The number of nitriles is 1. The number of carbonyl (C=O) groups is 1. The number of nitrogens with one attached hydrogen (secondary N) is 1. The molecule has 0 saturated carbocycles. The number of aromatic hydroxyl groups is 1. The molecule has 1 rings (SSSR count). The summed E-state index contributed by atoms with van der Waals surface area (Å²) in [5.41, 5.74) is 2.74. The zero-order valence-electron chi connectivity index (χ0n) is 10.5. The van der Waals surface area contributed by atoms with Crippen molar-refractivity contribution in [1.82, 2.24) is 5.43 Å². The summed E-state index contributed by atoms with van der Waals surface area (Å²) >= 11 is 0. The molecule has 0 spiro atoms. The van der Waals surface area contributed by atoms with E-state index >= 15 is 0 Å². The molecule has 0 fully saturated rings. The molecule has 0 radical (unpaired) electrons. The molecule has 0 aliphatic heterocycles. The van der Waals surface area contributed by atoms with Crippen LogP contribution in [0, 0.1) is 11.3 Å². The van der Waals surface area contributed by atoms with Gasteiger partial charge < -0.3 is 14.6 Å². The number of carbonyl (C=O) groups excluding carboxylic acids is 1. The SMILES string of the molecule is COc1cc(C=NNC(=O)CC#N)cc(OC)c1O.